The van der Waals surface area contributed by atoms with Gasteiger partial charge < -0.3 is 10.6 Å². The second-order valence-corrected chi connectivity index (χ2v) is 6.08. The summed E-state index contributed by atoms with van der Waals surface area (Å²) < 4.78 is 0. The van der Waals surface area contributed by atoms with Crippen LogP contribution in [0.3, 0.4) is 0 Å². The summed E-state index contributed by atoms with van der Waals surface area (Å²) in [7, 11) is 2.16. The number of thioether (sulfide) groups is 1. The SMILES string of the molecule is CSCC(C)N(C)CCC(N)c1ccc(Cl)cc1. The van der Waals surface area contributed by atoms with Crippen LogP contribution in [0.2, 0.25) is 5.02 Å². The summed E-state index contributed by atoms with van der Waals surface area (Å²) in [6.45, 7) is 3.27. The lowest BCUT2D eigenvalue weighted by atomic mass is 10.0. The van der Waals surface area contributed by atoms with Gasteiger partial charge in [0.15, 0.2) is 0 Å². The van der Waals surface area contributed by atoms with Crippen LogP contribution < -0.4 is 5.73 Å². The molecular weight excluding hydrogens is 264 g/mol. The Morgan fingerprint density at radius 1 is 1.33 bits per heavy atom. The van der Waals surface area contributed by atoms with E-state index in [1.807, 2.05) is 36.0 Å². The quantitative estimate of drug-likeness (QED) is 0.833. The number of halogens is 1. The molecule has 18 heavy (non-hydrogen) atoms. The average molecular weight is 287 g/mol. The lowest BCUT2D eigenvalue weighted by Gasteiger charge is -2.25. The molecule has 2 nitrogen and oxygen atoms in total. The summed E-state index contributed by atoms with van der Waals surface area (Å²) in [6, 6.07) is 8.51. The molecule has 0 bridgehead atoms. The maximum atomic E-state index is 6.19. The van der Waals surface area contributed by atoms with Crippen molar-refractivity contribution in [3.63, 3.8) is 0 Å². The molecule has 0 aliphatic carbocycles. The minimum absolute atomic E-state index is 0.0891. The molecule has 0 fully saturated rings. The highest BCUT2D eigenvalue weighted by molar-refractivity contribution is 7.98. The van der Waals surface area contributed by atoms with Gasteiger partial charge in [0.1, 0.15) is 0 Å². The summed E-state index contributed by atoms with van der Waals surface area (Å²) in [4.78, 5) is 2.37. The fourth-order valence-electron chi connectivity index (χ4n) is 1.81. The predicted octanol–water partition coefficient (Wildman–Crippen LogP) is 3.41. The molecule has 2 N–H and O–H groups in total. The van der Waals surface area contributed by atoms with Gasteiger partial charge in [0.2, 0.25) is 0 Å². The van der Waals surface area contributed by atoms with E-state index in [0.717, 1.165) is 29.3 Å². The van der Waals surface area contributed by atoms with E-state index >= 15 is 0 Å². The Morgan fingerprint density at radius 3 is 2.50 bits per heavy atom. The van der Waals surface area contributed by atoms with Crippen LogP contribution in [0.4, 0.5) is 0 Å². The van der Waals surface area contributed by atoms with E-state index in [1.54, 1.807) is 0 Å². The third-order valence-electron chi connectivity index (χ3n) is 3.25. The second kappa shape index (κ2) is 8.05. The van der Waals surface area contributed by atoms with Crippen molar-refractivity contribution in [1.29, 1.82) is 0 Å². The van der Waals surface area contributed by atoms with Crippen molar-refractivity contribution in [1.82, 2.24) is 4.90 Å². The lowest BCUT2D eigenvalue weighted by molar-refractivity contribution is 0.267. The van der Waals surface area contributed by atoms with E-state index in [-0.39, 0.29) is 6.04 Å². The van der Waals surface area contributed by atoms with E-state index < -0.39 is 0 Å². The van der Waals surface area contributed by atoms with Gasteiger partial charge in [-0.25, -0.2) is 0 Å². The summed E-state index contributed by atoms with van der Waals surface area (Å²) >= 11 is 7.75. The van der Waals surface area contributed by atoms with E-state index in [0.29, 0.717) is 6.04 Å². The first-order chi connectivity index (χ1) is 8.54. The van der Waals surface area contributed by atoms with Gasteiger partial charge in [-0.15, -0.1) is 0 Å². The monoisotopic (exact) mass is 286 g/mol. The van der Waals surface area contributed by atoms with Crippen LogP contribution in [0.1, 0.15) is 24.9 Å². The molecule has 4 heteroatoms. The molecule has 1 rings (SSSR count). The molecule has 0 heterocycles. The zero-order valence-corrected chi connectivity index (χ0v) is 13.0. The van der Waals surface area contributed by atoms with Crippen LogP contribution >= 0.6 is 23.4 Å². The first-order valence-electron chi connectivity index (χ1n) is 6.24. The summed E-state index contributed by atoms with van der Waals surface area (Å²) in [6.07, 6.45) is 3.11. The number of rotatable bonds is 7. The van der Waals surface area contributed by atoms with Crippen molar-refractivity contribution >= 4 is 23.4 Å². The molecular formula is C14H23ClN2S. The molecule has 0 amide bonds. The summed E-state index contributed by atoms with van der Waals surface area (Å²) in [5.74, 6) is 1.16. The second-order valence-electron chi connectivity index (χ2n) is 4.73. The van der Waals surface area contributed by atoms with Crippen LogP contribution in [-0.2, 0) is 0 Å². The number of hydrogen-bond acceptors (Lipinski definition) is 3. The molecule has 0 saturated heterocycles. The normalized spacial score (nSPS) is 14.8. The Hall–Kier alpha value is -0.220. The minimum atomic E-state index is 0.0891. The lowest BCUT2D eigenvalue weighted by Crippen LogP contribution is -2.33. The Balaban J connectivity index is 2.41. The molecule has 1 aromatic carbocycles. The number of hydrogen-bond donors (Lipinski definition) is 1. The average Bonchev–Trinajstić information content (AvgIpc) is 2.36. The van der Waals surface area contributed by atoms with Crippen molar-refractivity contribution in [2.75, 3.05) is 25.6 Å². The van der Waals surface area contributed by atoms with E-state index in [1.165, 1.54) is 0 Å². The van der Waals surface area contributed by atoms with Crippen molar-refractivity contribution in [2.45, 2.75) is 25.4 Å². The highest BCUT2D eigenvalue weighted by atomic mass is 35.5. The maximum absolute atomic E-state index is 6.19. The van der Waals surface area contributed by atoms with E-state index in [2.05, 4.69) is 25.1 Å². The minimum Gasteiger partial charge on any atom is -0.324 e. The van der Waals surface area contributed by atoms with E-state index in [9.17, 15) is 0 Å². The first-order valence-corrected chi connectivity index (χ1v) is 8.02. The molecule has 0 radical (unpaired) electrons. The van der Waals surface area contributed by atoms with Gasteiger partial charge in [-0.05, 0) is 50.9 Å². The molecule has 102 valence electrons. The van der Waals surface area contributed by atoms with Crippen LogP contribution in [0.5, 0.6) is 0 Å². The fourth-order valence-corrected chi connectivity index (χ4v) is 2.67. The molecule has 2 atom stereocenters. The molecule has 0 aliphatic rings. The first kappa shape index (κ1) is 15.8. The Morgan fingerprint density at radius 2 is 1.94 bits per heavy atom. The molecule has 1 aromatic rings. The van der Waals surface area contributed by atoms with Crippen molar-refractivity contribution in [3.8, 4) is 0 Å². The van der Waals surface area contributed by atoms with Crippen LogP contribution in [0.15, 0.2) is 24.3 Å². The zero-order valence-electron chi connectivity index (χ0n) is 11.4. The van der Waals surface area contributed by atoms with Crippen LogP contribution in [-0.4, -0.2) is 36.5 Å². The van der Waals surface area contributed by atoms with Gasteiger partial charge >= 0.3 is 0 Å². The summed E-state index contributed by atoms with van der Waals surface area (Å²) in [5.41, 5.74) is 7.35. The topological polar surface area (TPSA) is 29.3 Å². The Bertz CT molecular complexity index is 342. The Kier molecular flexibility index (Phi) is 7.08. The van der Waals surface area contributed by atoms with Crippen LogP contribution in [0.25, 0.3) is 0 Å². The zero-order chi connectivity index (χ0) is 13.5. The van der Waals surface area contributed by atoms with Gasteiger partial charge in [0.25, 0.3) is 0 Å². The van der Waals surface area contributed by atoms with Gasteiger partial charge in [0.05, 0.1) is 0 Å². The van der Waals surface area contributed by atoms with Crippen molar-refractivity contribution in [2.24, 2.45) is 5.73 Å². The molecule has 2 unspecified atom stereocenters. The smallest absolute Gasteiger partial charge is 0.0406 e. The number of nitrogens with zero attached hydrogens (tertiary/aromatic N) is 1. The summed E-state index contributed by atoms with van der Waals surface area (Å²) in [5, 5.41) is 0.761. The molecule has 0 aromatic heterocycles. The largest absolute Gasteiger partial charge is 0.324 e. The van der Waals surface area contributed by atoms with Gasteiger partial charge in [-0.2, -0.15) is 11.8 Å². The van der Waals surface area contributed by atoms with E-state index in [4.69, 9.17) is 17.3 Å². The standard InChI is InChI=1S/C14H23ClN2S/c1-11(10-18-3)17(2)9-8-14(16)12-4-6-13(15)7-5-12/h4-7,11,14H,8-10,16H2,1-3H3. The van der Waals surface area contributed by atoms with Crippen LogP contribution in [0, 0.1) is 0 Å². The van der Waals surface area contributed by atoms with Gasteiger partial charge in [-0.1, -0.05) is 23.7 Å². The highest BCUT2D eigenvalue weighted by Crippen LogP contribution is 2.18. The van der Waals surface area contributed by atoms with Gasteiger partial charge in [0, 0.05) is 22.9 Å². The molecule has 0 aliphatic heterocycles. The fraction of sp³-hybridized carbons (Fsp3) is 0.571. The maximum Gasteiger partial charge on any atom is 0.0406 e. The van der Waals surface area contributed by atoms with Gasteiger partial charge in [-0.3, -0.25) is 0 Å². The highest BCUT2D eigenvalue weighted by Gasteiger charge is 2.11. The Labute approximate surface area is 120 Å². The molecule has 0 saturated carbocycles. The van der Waals surface area contributed by atoms with Crippen molar-refractivity contribution < 1.29 is 0 Å². The third kappa shape index (κ3) is 5.19. The number of nitrogens with two attached hydrogens (primary N) is 1. The number of benzene rings is 1. The molecule has 0 spiro atoms. The van der Waals surface area contributed by atoms with Crippen molar-refractivity contribution in [3.05, 3.63) is 34.9 Å². The predicted molar refractivity (Wildman–Crippen MR) is 83.5 cm³/mol. The third-order valence-corrected chi connectivity index (χ3v) is 4.32.